The van der Waals surface area contributed by atoms with Crippen LogP contribution >= 0.6 is 0 Å². The third-order valence-corrected chi connectivity index (χ3v) is 3.86. The van der Waals surface area contributed by atoms with Gasteiger partial charge in [-0.15, -0.1) is 0 Å². The minimum Gasteiger partial charge on any atom is -0.497 e. The summed E-state index contributed by atoms with van der Waals surface area (Å²) in [6.07, 6.45) is 0. The van der Waals surface area contributed by atoms with Crippen LogP contribution in [0, 0.1) is 0 Å². The molecule has 0 saturated carbocycles. The Hall–Kier alpha value is -2.66. The Morgan fingerprint density at radius 1 is 1.08 bits per heavy atom. The van der Waals surface area contributed by atoms with Gasteiger partial charge < -0.3 is 15.0 Å². The number of benzene rings is 2. The van der Waals surface area contributed by atoms with Gasteiger partial charge in [0, 0.05) is 23.7 Å². The van der Waals surface area contributed by atoms with Crippen molar-refractivity contribution in [3.05, 3.63) is 48.3 Å². The molecule has 1 heterocycles. The van der Waals surface area contributed by atoms with E-state index in [0.717, 1.165) is 39.4 Å². The van der Waals surface area contributed by atoms with Gasteiger partial charge in [-0.3, -0.25) is 0 Å². The number of para-hydroxylation sites is 1. The van der Waals surface area contributed by atoms with Crippen LogP contribution in [0.25, 0.3) is 22.2 Å². The predicted molar refractivity (Wildman–Crippen MR) is 98.5 cm³/mol. The second-order valence-electron chi connectivity index (χ2n) is 5.90. The smallest absolute Gasteiger partial charge is 0.143 e. The molecule has 0 aliphatic rings. The van der Waals surface area contributed by atoms with Gasteiger partial charge in [-0.2, -0.15) is 0 Å². The Bertz CT molecular complexity index is 861. The van der Waals surface area contributed by atoms with Crippen molar-refractivity contribution < 1.29 is 4.74 Å². The van der Waals surface area contributed by atoms with Crippen molar-refractivity contribution in [2.24, 2.45) is 0 Å². The maximum Gasteiger partial charge on any atom is 0.143 e. The molecule has 5 heteroatoms. The van der Waals surface area contributed by atoms with Gasteiger partial charge >= 0.3 is 0 Å². The van der Waals surface area contributed by atoms with Gasteiger partial charge in [0.1, 0.15) is 11.6 Å². The molecule has 124 valence electrons. The number of nitrogens with one attached hydrogen (secondary N) is 1. The SMILES string of the molecule is CNc1ccc(OC)cc1-c1nc(CN(C)C)nc2ccccc12. The lowest BCUT2D eigenvalue weighted by atomic mass is 10.0. The number of hydrogen-bond donors (Lipinski definition) is 1. The minimum atomic E-state index is 0.691. The van der Waals surface area contributed by atoms with Crippen molar-refractivity contribution in [3.63, 3.8) is 0 Å². The highest BCUT2D eigenvalue weighted by Gasteiger charge is 2.14. The molecule has 24 heavy (non-hydrogen) atoms. The van der Waals surface area contributed by atoms with Gasteiger partial charge in [0.15, 0.2) is 0 Å². The Morgan fingerprint density at radius 3 is 2.58 bits per heavy atom. The Labute approximate surface area is 142 Å². The molecule has 0 bridgehead atoms. The number of methoxy groups -OCH3 is 1. The number of ether oxygens (including phenoxy) is 1. The molecule has 1 aromatic heterocycles. The molecule has 0 aliphatic heterocycles. The second-order valence-corrected chi connectivity index (χ2v) is 5.90. The monoisotopic (exact) mass is 322 g/mol. The summed E-state index contributed by atoms with van der Waals surface area (Å²) in [7, 11) is 7.62. The zero-order valence-electron chi connectivity index (χ0n) is 14.5. The molecular weight excluding hydrogens is 300 g/mol. The zero-order chi connectivity index (χ0) is 17.1. The quantitative estimate of drug-likeness (QED) is 0.780. The van der Waals surface area contributed by atoms with Crippen LogP contribution in [0.4, 0.5) is 5.69 Å². The van der Waals surface area contributed by atoms with Crippen LogP contribution in [0.2, 0.25) is 0 Å². The molecule has 1 N–H and O–H groups in total. The van der Waals surface area contributed by atoms with Crippen molar-refractivity contribution >= 4 is 16.6 Å². The number of anilines is 1. The van der Waals surface area contributed by atoms with Crippen molar-refractivity contribution in [2.45, 2.75) is 6.54 Å². The number of hydrogen-bond acceptors (Lipinski definition) is 5. The summed E-state index contributed by atoms with van der Waals surface area (Å²) in [6, 6.07) is 14.1. The summed E-state index contributed by atoms with van der Waals surface area (Å²) in [6.45, 7) is 0.691. The van der Waals surface area contributed by atoms with Crippen LogP contribution < -0.4 is 10.1 Å². The Balaban J connectivity index is 2.28. The van der Waals surface area contributed by atoms with E-state index in [1.807, 2.05) is 57.5 Å². The highest BCUT2D eigenvalue weighted by molar-refractivity contribution is 5.96. The molecule has 2 aromatic carbocycles. The van der Waals surface area contributed by atoms with Crippen LogP contribution in [0.3, 0.4) is 0 Å². The maximum atomic E-state index is 5.40. The minimum absolute atomic E-state index is 0.691. The van der Waals surface area contributed by atoms with Gasteiger partial charge in [-0.25, -0.2) is 9.97 Å². The third kappa shape index (κ3) is 3.16. The van der Waals surface area contributed by atoms with Gasteiger partial charge in [0.05, 0.1) is 24.9 Å². The summed E-state index contributed by atoms with van der Waals surface area (Å²) < 4.78 is 5.40. The summed E-state index contributed by atoms with van der Waals surface area (Å²) in [4.78, 5) is 11.6. The number of fused-ring (bicyclic) bond motifs is 1. The molecule has 0 saturated heterocycles. The Kier molecular flexibility index (Phi) is 4.62. The van der Waals surface area contributed by atoms with E-state index in [-0.39, 0.29) is 0 Å². The molecule has 0 atom stereocenters. The maximum absolute atomic E-state index is 5.40. The first kappa shape index (κ1) is 16.2. The zero-order valence-corrected chi connectivity index (χ0v) is 14.5. The molecule has 3 aromatic rings. The topological polar surface area (TPSA) is 50.3 Å². The Morgan fingerprint density at radius 2 is 1.88 bits per heavy atom. The number of rotatable bonds is 5. The van der Waals surface area contributed by atoms with Crippen molar-refractivity contribution in [1.82, 2.24) is 14.9 Å². The molecule has 0 unspecified atom stereocenters. The average molecular weight is 322 g/mol. The standard InChI is InChI=1S/C19H22N4O/c1-20-16-10-9-13(24-4)11-15(16)19-14-7-5-6-8-17(14)21-18(22-19)12-23(2)3/h5-11,20H,12H2,1-4H3. The molecule has 3 rings (SSSR count). The van der Waals surface area contributed by atoms with Crippen LogP contribution in [0.1, 0.15) is 5.82 Å². The van der Waals surface area contributed by atoms with E-state index < -0.39 is 0 Å². The van der Waals surface area contributed by atoms with Crippen molar-refractivity contribution in [2.75, 3.05) is 33.6 Å². The molecule has 0 aliphatic carbocycles. The highest BCUT2D eigenvalue weighted by atomic mass is 16.5. The van der Waals surface area contributed by atoms with Crippen molar-refractivity contribution in [3.8, 4) is 17.0 Å². The van der Waals surface area contributed by atoms with Gasteiger partial charge in [0.2, 0.25) is 0 Å². The first-order chi connectivity index (χ1) is 11.6. The highest BCUT2D eigenvalue weighted by Crippen LogP contribution is 2.34. The lowest BCUT2D eigenvalue weighted by Gasteiger charge is -2.15. The fourth-order valence-corrected chi connectivity index (χ4v) is 2.75. The van der Waals surface area contributed by atoms with Crippen LogP contribution in [0.5, 0.6) is 5.75 Å². The van der Waals surface area contributed by atoms with Crippen LogP contribution in [-0.2, 0) is 6.54 Å². The summed E-state index contributed by atoms with van der Waals surface area (Å²) >= 11 is 0. The summed E-state index contributed by atoms with van der Waals surface area (Å²) in [5, 5.41) is 4.28. The van der Waals surface area contributed by atoms with E-state index in [1.54, 1.807) is 7.11 Å². The van der Waals surface area contributed by atoms with Gasteiger partial charge in [0.25, 0.3) is 0 Å². The molecule has 0 spiro atoms. The predicted octanol–water partition coefficient (Wildman–Crippen LogP) is 3.41. The fourth-order valence-electron chi connectivity index (χ4n) is 2.75. The summed E-state index contributed by atoms with van der Waals surface area (Å²) in [5.74, 6) is 1.61. The van der Waals surface area contributed by atoms with E-state index in [1.165, 1.54) is 0 Å². The van der Waals surface area contributed by atoms with E-state index in [2.05, 4.69) is 16.3 Å². The number of nitrogens with zero attached hydrogens (tertiary/aromatic N) is 3. The van der Waals surface area contributed by atoms with Crippen molar-refractivity contribution in [1.29, 1.82) is 0 Å². The van der Waals surface area contributed by atoms with E-state index in [4.69, 9.17) is 14.7 Å². The van der Waals surface area contributed by atoms with E-state index >= 15 is 0 Å². The average Bonchev–Trinajstić information content (AvgIpc) is 2.60. The van der Waals surface area contributed by atoms with E-state index in [0.29, 0.717) is 6.54 Å². The number of aromatic nitrogens is 2. The first-order valence-corrected chi connectivity index (χ1v) is 7.89. The largest absolute Gasteiger partial charge is 0.497 e. The first-order valence-electron chi connectivity index (χ1n) is 7.89. The molecule has 5 nitrogen and oxygen atoms in total. The molecule has 0 radical (unpaired) electrons. The second kappa shape index (κ2) is 6.84. The van der Waals surface area contributed by atoms with E-state index in [9.17, 15) is 0 Å². The molecule has 0 fully saturated rings. The lowest BCUT2D eigenvalue weighted by Crippen LogP contribution is -2.14. The van der Waals surface area contributed by atoms with Crippen LogP contribution in [0.15, 0.2) is 42.5 Å². The molecular formula is C19H22N4O. The summed E-state index contributed by atoms with van der Waals surface area (Å²) in [5.41, 5.74) is 3.89. The molecule has 0 amide bonds. The van der Waals surface area contributed by atoms with Gasteiger partial charge in [-0.05, 0) is 38.4 Å². The third-order valence-electron chi connectivity index (χ3n) is 3.86. The lowest BCUT2D eigenvalue weighted by molar-refractivity contribution is 0.391. The van der Waals surface area contributed by atoms with Crippen LogP contribution in [-0.4, -0.2) is 43.1 Å². The fraction of sp³-hybridized carbons (Fsp3) is 0.263. The van der Waals surface area contributed by atoms with Gasteiger partial charge in [-0.1, -0.05) is 18.2 Å². The normalized spacial score (nSPS) is 11.0.